The molecule has 0 spiro atoms. The first-order valence-corrected chi connectivity index (χ1v) is 7.82. The van der Waals surface area contributed by atoms with Crippen LogP contribution in [-0.4, -0.2) is 48.4 Å². The number of hydrogen-bond donors (Lipinski definition) is 2. The SMILES string of the molecule is CC(OCC1CCCCO1)C(=O)N[C@@H]1CC[C@H](C(=O)O)C1. The number of carbonyl (C=O) groups is 2. The fourth-order valence-electron chi connectivity index (χ4n) is 2.92. The molecule has 2 unspecified atom stereocenters. The standard InChI is InChI=1S/C15H25NO5/c1-10(21-9-13-4-2-3-7-20-13)14(17)16-12-6-5-11(8-12)15(18)19/h10-13H,2-9H2,1H3,(H,16,17)(H,18,19)/t10?,11-,12+,13?/m0/s1. The Morgan fingerprint density at radius 1 is 1.33 bits per heavy atom. The number of rotatable bonds is 6. The molecule has 2 rings (SSSR count). The molecule has 0 aromatic heterocycles. The summed E-state index contributed by atoms with van der Waals surface area (Å²) in [5.41, 5.74) is 0. The summed E-state index contributed by atoms with van der Waals surface area (Å²) in [7, 11) is 0. The fourth-order valence-corrected chi connectivity index (χ4v) is 2.92. The van der Waals surface area contributed by atoms with Gasteiger partial charge in [0.2, 0.25) is 5.91 Å². The summed E-state index contributed by atoms with van der Waals surface area (Å²) in [6.07, 6.45) is 4.66. The van der Waals surface area contributed by atoms with E-state index in [1.807, 2.05) is 0 Å². The van der Waals surface area contributed by atoms with E-state index in [4.69, 9.17) is 14.6 Å². The Bertz CT molecular complexity index is 367. The van der Waals surface area contributed by atoms with Crippen LogP contribution in [0.2, 0.25) is 0 Å². The molecular weight excluding hydrogens is 274 g/mol. The van der Waals surface area contributed by atoms with Gasteiger partial charge in [0.15, 0.2) is 0 Å². The van der Waals surface area contributed by atoms with Crippen molar-refractivity contribution in [3.8, 4) is 0 Å². The summed E-state index contributed by atoms with van der Waals surface area (Å²) in [6, 6.07) is -0.0458. The van der Waals surface area contributed by atoms with E-state index in [2.05, 4.69) is 5.32 Å². The molecule has 21 heavy (non-hydrogen) atoms. The maximum atomic E-state index is 12.0. The summed E-state index contributed by atoms with van der Waals surface area (Å²) >= 11 is 0. The lowest BCUT2D eigenvalue weighted by molar-refractivity contribution is -0.142. The minimum absolute atomic E-state index is 0.0458. The molecule has 1 heterocycles. The number of amides is 1. The minimum Gasteiger partial charge on any atom is -0.481 e. The van der Waals surface area contributed by atoms with Crippen LogP contribution in [-0.2, 0) is 19.1 Å². The van der Waals surface area contributed by atoms with Crippen LogP contribution in [0.4, 0.5) is 0 Å². The predicted molar refractivity (Wildman–Crippen MR) is 75.9 cm³/mol. The monoisotopic (exact) mass is 299 g/mol. The third-order valence-corrected chi connectivity index (χ3v) is 4.30. The van der Waals surface area contributed by atoms with Crippen molar-refractivity contribution in [2.24, 2.45) is 5.92 Å². The highest BCUT2D eigenvalue weighted by atomic mass is 16.5. The van der Waals surface area contributed by atoms with Gasteiger partial charge in [0.05, 0.1) is 18.6 Å². The predicted octanol–water partition coefficient (Wildman–Crippen LogP) is 1.33. The van der Waals surface area contributed by atoms with Crippen molar-refractivity contribution in [1.29, 1.82) is 0 Å². The van der Waals surface area contributed by atoms with Gasteiger partial charge >= 0.3 is 5.97 Å². The number of carboxylic acid groups (broad SMARTS) is 1. The summed E-state index contributed by atoms with van der Waals surface area (Å²) < 4.78 is 11.1. The number of nitrogens with one attached hydrogen (secondary N) is 1. The van der Waals surface area contributed by atoms with Crippen LogP contribution in [0.5, 0.6) is 0 Å². The van der Waals surface area contributed by atoms with Gasteiger partial charge in [-0.1, -0.05) is 0 Å². The average molecular weight is 299 g/mol. The first kappa shape index (κ1) is 16.2. The highest BCUT2D eigenvalue weighted by molar-refractivity contribution is 5.80. The summed E-state index contributed by atoms with van der Waals surface area (Å²) in [5, 5.41) is 11.8. The molecule has 2 fully saturated rings. The van der Waals surface area contributed by atoms with Crippen LogP contribution in [0, 0.1) is 5.92 Å². The molecule has 0 radical (unpaired) electrons. The minimum atomic E-state index is -0.773. The second kappa shape index (κ2) is 7.75. The van der Waals surface area contributed by atoms with E-state index >= 15 is 0 Å². The van der Waals surface area contributed by atoms with Crippen LogP contribution in [0.25, 0.3) is 0 Å². The number of aliphatic carboxylic acids is 1. The molecule has 1 amide bonds. The third-order valence-electron chi connectivity index (χ3n) is 4.30. The van der Waals surface area contributed by atoms with Gasteiger partial charge in [-0.3, -0.25) is 9.59 Å². The topological polar surface area (TPSA) is 84.9 Å². The van der Waals surface area contributed by atoms with E-state index in [-0.39, 0.29) is 24.0 Å². The third kappa shape index (κ3) is 4.97. The van der Waals surface area contributed by atoms with E-state index in [1.54, 1.807) is 6.92 Å². The van der Waals surface area contributed by atoms with Crippen molar-refractivity contribution in [3.63, 3.8) is 0 Å². The van der Waals surface area contributed by atoms with Gasteiger partial charge in [0, 0.05) is 12.6 Å². The molecule has 6 heteroatoms. The van der Waals surface area contributed by atoms with Gasteiger partial charge in [0.1, 0.15) is 6.10 Å². The molecule has 120 valence electrons. The first-order chi connectivity index (χ1) is 10.1. The number of carboxylic acids is 1. The molecule has 0 bridgehead atoms. The Hall–Kier alpha value is -1.14. The quantitative estimate of drug-likeness (QED) is 0.773. The smallest absolute Gasteiger partial charge is 0.306 e. The second-order valence-electron chi connectivity index (χ2n) is 6.02. The molecule has 2 N–H and O–H groups in total. The largest absolute Gasteiger partial charge is 0.481 e. The fraction of sp³-hybridized carbons (Fsp3) is 0.867. The van der Waals surface area contributed by atoms with E-state index in [1.165, 1.54) is 0 Å². The van der Waals surface area contributed by atoms with Crippen molar-refractivity contribution in [2.75, 3.05) is 13.2 Å². The molecule has 1 saturated carbocycles. The normalized spacial score (nSPS) is 30.8. The maximum Gasteiger partial charge on any atom is 0.306 e. The van der Waals surface area contributed by atoms with Gasteiger partial charge in [-0.2, -0.15) is 0 Å². The zero-order chi connectivity index (χ0) is 15.2. The van der Waals surface area contributed by atoms with Crippen molar-refractivity contribution in [2.45, 2.75) is 63.7 Å². The van der Waals surface area contributed by atoms with Crippen LogP contribution >= 0.6 is 0 Å². The molecule has 6 nitrogen and oxygen atoms in total. The molecule has 2 aliphatic rings. The van der Waals surface area contributed by atoms with Gasteiger partial charge in [-0.05, 0) is 45.4 Å². The molecule has 0 aromatic carbocycles. The van der Waals surface area contributed by atoms with Crippen molar-refractivity contribution in [3.05, 3.63) is 0 Å². The zero-order valence-corrected chi connectivity index (χ0v) is 12.5. The lowest BCUT2D eigenvalue weighted by Gasteiger charge is -2.24. The van der Waals surface area contributed by atoms with Crippen LogP contribution in [0.1, 0.15) is 45.4 Å². The number of ether oxygens (including phenoxy) is 2. The second-order valence-corrected chi connectivity index (χ2v) is 6.02. The van der Waals surface area contributed by atoms with Gasteiger partial charge in [0.25, 0.3) is 0 Å². The van der Waals surface area contributed by atoms with E-state index in [0.29, 0.717) is 19.4 Å². The van der Waals surface area contributed by atoms with Gasteiger partial charge in [-0.15, -0.1) is 0 Å². The highest BCUT2D eigenvalue weighted by Gasteiger charge is 2.31. The molecule has 1 aliphatic heterocycles. The molecule has 1 aliphatic carbocycles. The van der Waals surface area contributed by atoms with E-state index in [9.17, 15) is 9.59 Å². The van der Waals surface area contributed by atoms with Gasteiger partial charge < -0.3 is 19.9 Å². The maximum absolute atomic E-state index is 12.0. The Morgan fingerprint density at radius 2 is 2.14 bits per heavy atom. The van der Waals surface area contributed by atoms with Crippen molar-refractivity contribution >= 4 is 11.9 Å². The Labute approximate surface area is 125 Å². The van der Waals surface area contributed by atoms with Crippen molar-refractivity contribution in [1.82, 2.24) is 5.32 Å². The summed E-state index contributed by atoms with van der Waals surface area (Å²) in [4.78, 5) is 22.9. The van der Waals surface area contributed by atoms with E-state index < -0.39 is 12.1 Å². The van der Waals surface area contributed by atoms with Gasteiger partial charge in [-0.25, -0.2) is 0 Å². The summed E-state index contributed by atoms with van der Waals surface area (Å²) in [5.74, 6) is -1.27. The zero-order valence-electron chi connectivity index (χ0n) is 12.5. The van der Waals surface area contributed by atoms with Crippen LogP contribution in [0.15, 0.2) is 0 Å². The lowest BCUT2D eigenvalue weighted by atomic mass is 10.1. The highest BCUT2D eigenvalue weighted by Crippen LogP contribution is 2.25. The molecule has 0 aromatic rings. The van der Waals surface area contributed by atoms with Crippen molar-refractivity contribution < 1.29 is 24.2 Å². The summed E-state index contributed by atoms with van der Waals surface area (Å²) in [6.45, 7) is 2.94. The lowest BCUT2D eigenvalue weighted by Crippen LogP contribution is -2.41. The molecule has 1 saturated heterocycles. The van der Waals surface area contributed by atoms with Crippen LogP contribution < -0.4 is 5.32 Å². The molecule has 4 atom stereocenters. The van der Waals surface area contributed by atoms with Crippen LogP contribution in [0.3, 0.4) is 0 Å². The Morgan fingerprint density at radius 3 is 2.76 bits per heavy atom. The Balaban J connectivity index is 1.66. The van der Waals surface area contributed by atoms with E-state index in [0.717, 1.165) is 32.3 Å². The number of carbonyl (C=O) groups excluding carboxylic acids is 1. The average Bonchev–Trinajstić information content (AvgIpc) is 2.94. The number of hydrogen-bond acceptors (Lipinski definition) is 4. The first-order valence-electron chi connectivity index (χ1n) is 7.82. The Kier molecular flexibility index (Phi) is 5.99. The molecular formula is C15H25NO5.